The molecule has 0 atom stereocenters. The van der Waals surface area contributed by atoms with Gasteiger partial charge in [-0.15, -0.1) is 0 Å². The summed E-state index contributed by atoms with van der Waals surface area (Å²) in [7, 11) is 0. The second kappa shape index (κ2) is 7.38. The molecule has 0 spiro atoms. The third-order valence-corrected chi connectivity index (χ3v) is 4.42. The molecule has 144 valence electrons. The van der Waals surface area contributed by atoms with Gasteiger partial charge in [-0.2, -0.15) is 8.78 Å². The zero-order chi connectivity index (χ0) is 20.4. The molecule has 0 radical (unpaired) electrons. The van der Waals surface area contributed by atoms with Crippen LogP contribution < -0.4 is 0 Å². The fourth-order valence-corrected chi connectivity index (χ4v) is 2.98. The van der Waals surface area contributed by atoms with Gasteiger partial charge in [-0.1, -0.05) is 6.07 Å². The van der Waals surface area contributed by atoms with E-state index >= 15 is 8.78 Å². The van der Waals surface area contributed by atoms with Gasteiger partial charge in [0.25, 0.3) is 0 Å². The number of aromatic nitrogens is 4. The molecule has 3 heterocycles. The number of halogens is 3. The number of Topliss-reactive ketones (excluding diaryl/α,β-unsaturated/α-hetero) is 1. The number of carbonyl (C=O) groups is 1. The Morgan fingerprint density at radius 1 is 0.966 bits per heavy atom. The Hall–Kier alpha value is -3.68. The lowest BCUT2D eigenvalue weighted by Gasteiger charge is -2.18. The Balaban J connectivity index is 1.81. The molecule has 0 aliphatic heterocycles. The molecule has 0 saturated carbocycles. The number of hydrogen-bond acceptors (Lipinski definition) is 5. The molecule has 0 aliphatic carbocycles. The summed E-state index contributed by atoms with van der Waals surface area (Å²) in [6, 6.07) is 8.20. The lowest BCUT2D eigenvalue weighted by molar-refractivity contribution is 0.0421. The van der Waals surface area contributed by atoms with Crippen molar-refractivity contribution in [1.29, 1.82) is 0 Å². The number of carbonyl (C=O) groups excluding carboxylic acids is 1. The third kappa shape index (κ3) is 3.69. The molecule has 0 unspecified atom stereocenters. The molecule has 4 aromatic rings. The first-order valence-corrected chi connectivity index (χ1v) is 8.61. The van der Waals surface area contributed by atoms with Gasteiger partial charge in [0.15, 0.2) is 5.78 Å². The summed E-state index contributed by atoms with van der Waals surface area (Å²) in [5, 5.41) is 0.400. The summed E-state index contributed by atoms with van der Waals surface area (Å²) in [6.45, 7) is 0. The van der Waals surface area contributed by atoms with Crippen molar-refractivity contribution in [2.24, 2.45) is 0 Å². The lowest BCUT2D eigenvalue weighted by Crippen LogP contribution is -2.17. The van der Waals surface area contributed by atoms with E-state index in [2.05, 4.69) is 19.9 Å². The summed E-state index contributed by atoms with van der Waals surface area (Å²) in [5.74, 6) is -4.39. The van der Waals surface area contributed by atoms with Crippen molar-refractivity contribution in [3.63, 3.8) is 0 Å². The van der Waals surface area contributed by atoms with Gasteiger partial charge in [0, 0.05) is 40.8 Å². The van der Waals surface area contributed by atoms with Crippen molar-refractivity contribution in [2.45, 2.75) is 12.3 Å². The lowest BCUT2D eigenvalue weighted by atomic mass is 9.94. The molecule has 0 aliphatic rings. The predicted octanol–water partition coefficient (Wildman–Crippen LogP) is 4.12. The van der Waals surface area contributed by atoms with E-state index in [1.807, 2.05) is 0 Å². The van der Waals surface area contributed by atoms with Crippen LogP contribution in [-0.4, -0.2) is 25.7 Å². The zero-order valence-corrected chi connectivity index (χ0v) is 14.9. The first kappa shape index (κ1) is 18.7. The van der Waals surface area contributed by atoms with Crippen molar-refractivity contribution in [2.75, 3.05) is 0 Å². The molecule has 0 saturated heterocycles. The summed E-state index contributed by atoms with van der Waals surface area (Å²) >= 11 is 0. The quantitative estimate of drug-likeness (QED) is 0.476. The standard InChI is InChI=1S/C21H13F3N4O/c22-16-3-4-17(28-11-16)8-19(29)18-7-14(6-13-2-1-5-27-20(13)18)21(23,24)15-9-25-12-26-10-15/h1-7,9-12H,8H2. The molecule has 0 amide bonds. The highest BCUT2D eigenvalue weighted by Crippen LogP contribution is 2.37. The van der Waals surface area contributed by atoms with Crippen LogP contribution in [0, 0.1) is 5.82 Å². The Labute approximate surface area is 163 Å². The van der Waals surface area contributed by atoms with Gasteiger partial charge >= 0.3 is 5.92 Å². The van der Waals surface area contributed by atoms with Crippen LogP contribution in [0.1, 0.15) is 27.2 Å². The van der Waals surface area contributed by atoms with Gasteiger partial charge in [-0.3, -0.25) is 14.8 Å². The van der Waals surface area contributed by atoms with Gasteiger partial charge in [0.2, 0.25) is 0 Å². The van der Waals surface area contributed by atoms with E-state index in [0.29, 0.717) is 16.6 Å². The molecule has 1 aromatic carbocycles. The van der Waals surface area contributed by atoms with Gasteiger partial charge < -0.3 is 0 Å². The molecule has 0 N–H and O–H groups in total. The molecule has 29 heavy (non-hydrogen) atoms. The van der Waals surface area contributed by atoms with Crippen LogP contribution in [0.2, 0.25) is 0 Å². The van der Waals surface area contributed by atoms with E-state index in [-0.39, 0.29) is 23.1 Å². The fraction of sp³-hybridized carbons (Fsp3) is 0.0952. The number of nitrogens with zero attached hydrogens (tertiary/aromatic N) is 4. The average molecular weight is 394 g/mol. The minimum atomic E-state index is -3.41. The minimum Gasteiger partial charge on any atom is -0.294 e. The summed E-state index contributed by atoms with van der Waals surface area (Å²) in [4.78, 5) is 28.2. The van der Waals surface area contributed by atoms with Gasteiger partial charge in [-0.25, -0.2) is 14.4 Å². The van der Waals surface area contributed by atoms with Crippen LogP contribution in [-0.2, 0) is 12.3 Å². The van der Waals surface area contributed by atoms with Gasteiger partial charge in [0.05, 0.1) is 23.7 Å². The second-order valence-electron chi connectivity index (χ2n) is 6.37. The molecule has 8 heteroatoms. The maximum atomic E-state index is 15.1. The summed E-state index contributed by atoms with van der Waals surface area (Å²) in [5.41, 5.74) is -0.0802. The molecular weight excluding hydrogens is 381 g/mol. The van der Waals surface area contributed by atoms with E-state index in [1.165, 1.54) is 24.4 Å². The van der Waals surface area contributed by atoms with Crippen LogP contribution in [0.15, 0.2) is 67.5 Å². The van der Waals surface area contributed by atoms with Crippen LogP contribution in [0.25, 0.3) is 10.9 Å². The van der Waals surface area contributed by atoms with Crippen LogP contribution in [0.5, 0.6) is 0 Å². The topological polar surface area (TPSA) is 68.6 Å². The van der Waals surface area contributed by atoms with Crippen molar-refractivity contribution in [3.05, 3.63) is 95.7 Å². The summed E-state index contributed by atoms with van der Waals surface area (Å²) in [6.07, 6.45) is 5.54. The smallest absolute Gasteiger partial charge is 0.294 e. The van der Waals surface area contributed by atoms with Crippen molar-refractivity contribution in [1.82, 2.24) is 19.9 Å². The molecular formula is C21H13F3N4O. The van der Waals surface area contributed by atoms with Crippen molar-refractivity contribution >= 4 is 16.7 Å². The third-order valence-electron chi connectivity index (χ3n) is 4.42. The Morgan fingerprint density at radius 2 is 1.76 bits per heavy atom. The largest absolute Gasteiger partial charge is 0.301 e. The van der Waals surface area contributed by atoms with Gasteiger partial charge in [0.1, 0.15) is 12.1 Å². The average Bonchev–Trinajstić information content (AvgIpc) is 2.75. The molecule has 5 nitrogen and oxygen atoms in total. The van der Waals surface area contributed by atoms with E-state index in [1.54, 1.807) is 12.1 Å². The zero-order valence-electron chi connectivity index (χ0n) is 14.9. The molecule has 4 rings (SSSR count). The monoisotopic (exact) mass is 394 g/mol. The number of fused-ring (bicyclic) bond motifs is 1. The van der Waals surface area contributed by atoms with Crippen LogP contribution >= 0.6 is 0 Å². The van der Waals surface area contributed by atoms with E-state index in [0.717, 1.165) is 31.0 Å². The fourth-order valence-electron chi connectivity index (χ4n) is 2.98. The van der Waals surface area contributed by atoms with Crippen LogP contribution in [0.3, 0.4) is 0 Å². The molecule has 3 aromatic heterocycles. The molecule has 0 bridgehead atoms. The second-order valence-corrected chi connectivity index (χ2v) is 6.37. The van der Waals surface area contributed by atoms with E-state index in [4.69, 9.17) is 0 Å². The highest BCUT2D eigenvalue weighted by atomic mass is 19.3. The number of pyridine rings is 2. The number of benzene rings is 1. The maximum Gasteiger partial charge on any atom is 0.301 e. The maximum absolute atomic E-state index is 15.1. The number of alkyl halides is 2. The highest BCUT2D eigenvalue weighted by Gasteiger charge is 2.36. The van der Waals surface area contributed by atoms with E-state index in [9.17, 15) is 9.18 Å². The number of ketones is 1. The van der Waals surface area contributed by atoms with Gasteiger partial charge in [-0.05, 0) is 30.3 Å². The minimum absolute atomic E-state index is 0.0424. The number of hydrogen-bond donors (Lipinski definition) is 0. The Morgan fingerprint density at radius 3 is 2.48 bits per heavy atom. The van der Waals surface area contributed by atoms with Crippen LogP contribution in [0.4, 0.5) is 13.2 Å². The van der Waals surface area contributed by atoms with Crippen molar-refractivity contribution in [3.8, 4) is 0 Å². The summed E-state index contributed by atoms with van der Waals surface area (Å²) < 4.78 is 43.2. The van der Waals surface area contributed by atoms with Crippen molar-refractivity contribution < 1.29 is 18.0 Å². The normalized spacial score (nSPS) is 11.6. The molecule has 0 fully saturated rings. The Kier molecular flexibility index (Phi) is 4.75. The first-order chi connectivity index (χ1) is 13.9. The highest BCUT2D eigenvalue weighted by molar-refractivity contribution is 6.07. The van der Waals surface area contributed by atoms with E-state index < -0.39 is 17.5 Å². The SMILES string of the molecule is O=C(Cc1ccc(F)cn1)c1cc(C(F)(F)c2cncnc2)cc2cccnc12. The Bertz CT molecular complexity index is 1180. The number of rotatable bonds is 5. The first-order valence-electron chi connectivity index (χ1n) is 8.61. The predicted molar refractivity (Wildman–Crippen MR) is 99.0 cm³/mol.